The molecule has 2 atom stereocenters. The Morgan fingerprint density at radius 1 is 1.22 bits per heavy atom. The first-order valence-electron chi connectivity index (χ1n) is 7.96. The van der Waals surface area contributed by atoms with Gasteiger partial charge >= 0.3 is 0 Å². The highest BCUT2D eigenvalue weighted by molar-refractivity contribution is 5.93. The average Bonchev–Trinajstić information content (AvgIpc) is 3.06. The largest absolute Gasteiger partial charge is 0.439 e. The number of hydrogen-bond acceptors (Lipinski definition) is 4. The van der Waals surface area contributed by atoms with E-state index in [1.807, 2.05) is 36.4 Å². The van der Waals surface area contributed by atoms with Crippen LogP contribution in [-0.4, -0.2) is 17.4 Å². The molecule has 1 fully saturated rings. The van der Waals surface area contributed by atoms with Crippen LogP contribution in [0.2, 0.25) is 0 Å². The molecule has 0 bridgehead atoms. The second kappa shape index (κ2) is 7.24. The van der Waals surface area contributed by atoms with Crippen LogP contribution in [-0.2, 0) is 4.79 Å². The van der Waals surface area contributed by atoms with Gasteiger partial charge in [0.1, 0.15) is 5.75 Å². The number of hydrogen-bond donors (Lipinski definition) is 2. The molecule has 1 saturated carbocycles. The number of carbonyl (C=O) groups is 1. The third-order valence-electron chi connectivity index (χ3n) is 4.28. The average molecular weight is 311 g/mol. The number of carbonyl (C=O) groups excluding carboxylic acids is 1. The zero-order valence-electron chi connectivity index (χ0n) is 12.9. The minimum Gasteiger partial charge on any atom is -0.439 e. The summed E-state index contributed by atoms with van der Waals surface area (Å²) in [6.07, 6.45) is 4.73. The molecule has 0 spiro atoms. The van der Waals surface area contributed by atoms with Crippen LogP contribution in [0, 0.1) is 11.8 Å². The number of amides is 1. The van der Waals surface area contributed by atoms with Crippen molar-refractivity contribution in [3.63, 3.8) is 0 Å². The van der Waals surface area contributed by atoms with Gasteiger partial charge in [-0.05, 0) is 55.6 Å². The molecule has 23 heavy (non-hydrogen) atoms. The van der Waals surface area contributed by atoms with E-state index in [9.17, 15) is 4.79 Å². The Labute approximate surface area is 135 Å². The van der Waals surface area contributed by atoms with Crippen molar-refractivity contribution in [1.29, 1.82) is 0 Å². The summed E-state index contributed by atoms with van der Waals surface area (Å²) in [5, 5.41) is 2.97. The van der Waals surface area contributed by atoms with Crippen molar-refractivity contribution in [2.24, 2.45) is 17.6 Å². The van der Waals surface area contributed by atoms with Gasteiger partial charge in [0.15, 0.2) is 0 Å². The standard InChI is InChI=1S/C18H21N3O2/c19-12-13-4-3-5-16(13)18(22)21-14-7-9-15(10-8-14)23-17-6-1-2-11-20-17/h1-2,6-11,13,16H,3-5,12,19H2,(H,21,22)/t13-,16-/m1/s1. The van der Waals surface area contributed by atoms with Crippen LogP contribution in [0.5, 0.6) is 11.6 Å². The number of nitrogens with two attached hydrogens (primary N) is 1. The van der Waals surface area contributed by atoms with Crippen LogP contribution in [0.1, 0.15) is 19.3 Å². The quantitative estimate of drug-likeness (QED) is 0.889. The second-order valence-corrected chi connectivity index (χ2v) is 5.82. The summed E-state index contributed by atoms with van der Waals surface area (Å²) < 4.78 is 5.63. The third-order valence-corrected chi connectivity index (χ3v) is 4.28. The van der Waals surface area contributed by atoms with E-state index in [-0.39, 0.29) is 11.8 Å². The summed E-state index contributed by atoms with van der Waals surface area (Å²) in [4.78, 5) is 16.5. The van der Waals surface area contributed by atoms with Crippen molar-refractivity contribution in [1.82, 2.24) is 4.98 Å². The van der Waals surface area contributed by atoms with Crippen LogP contribution in [0.4, 0.5) is 5.69 Å². The number of nitrogens with zero attached hydrogens (tertiary/aromatic N) is 1. The predicted octanol–water partition coefficient (Wildman–Crippen LogP) is 3.19. The lowest BCUT2D eigenvalue weighted by Gasteiger charge is -2.17. The van der Waals surface area contributed by atoms with Crippen LogP contribution >= 0.6 is 0 Å². The Hall–Kier alpha value is -2.40. The topological polar surface area (TPSA) is 77.2 Å². The van der Waals surface area contributed by atoms with Gasteiger partial charge in [-0.1, -0.05) is 12.5 Å². The molecule has 1 aromatic heterocycles. The molecule has 0 unspecified atom stereocenters. The first-order chi connectivity index (χ1) is 11.3. The number of pyridine rings is 1. The normalized spacial score (nSPS) is 20.2. The van der Waals surface area contributed by atoms with Gasteiger partial charge in [0.25, 0.3) is 0 Å². The van der Waals surface area contributed by atoms with Crippen LogP contribution in [0.15, 0.2) is 48.7 Å². The summed E-state index contributed by atoms with van der Waals surface area (Å²) in [7, 11) is 0. The highest BCUT2D eigenvalue weighted by Gasteiger charge is 2.31. The van der Waals surface area contributed by atoms with E-state index >= 15 is 0 Å². The van der Waals surface area contributed by atoms with E-state index in [1.165, 1.54) is 0 Å². The van der Waals surface area contributed by atoms with Gasteiger partial charge in [-0.25, -0.2) is 4.98 Å². The van der Waals surface area contributed by atoms with Crippen molar-refractivity contribution in [3.8, 4) is 11.6 Å². The maximum absolute atomic E-state index is 12.4. The van der Waals surface area contributed by atoms with E-state index in [0.717, 1.165) is 24.9 Å². The predicted molar refractivity (Wildman–Crippen MR) is 89.3 cm³/mol. The van der Waals surface area contributed by atoms with Crippen molar-refractivity contribution >= 4 is 11.6 Å². The second-order valence-electron chi connectivity index (χ2n) is 5.82. The number of anilines is 1. The fraction of sp³-hybridized carbons (Fsp3) is 0.333. The highest BCUT2D eigenvalue weighted by Crippen LogP contribution is 2.32. The van der Waals surface area contributed by atoms with Gasteiger partial charge in [-0.3, -0.25) is 4.79 Å². The lowest BCUT2D eigenvalue weighted by molar-refractivity contribution is -0.120. The SMILES string of the molecule is NC[C@H]1CCC[C@H]1C(=O)Nc1ccc(Oc2ccccn2)cc1. The summed E-state index contributed by atoms with van der Waals surface area (Å²) >= 11 is 0. The van der Waals surface area contributed by atoms with E-state index < -0.39 is 0 Å². The maximum atomic E-state index is 12.4. The van der Waals surface area contributed by atoms with Gasteiger partial charge in [-0.2, -0.15) is 0 Å². The smallest absolute Gasteiger partial charge is 0.227 e. The Kier molecular flexibility index (Phi) is 4.88. The number of nitrogens with one attached hydrogen (secondary N) is 1. The molecule has 0 aliphatic heterocycles. The zero-order chi connectivity index (χ0) is 16.1. The van der Waals surface area contributed by atoms with Crippen molar-refractivity contribution in [2.75, 3.05) is 11.9 Å². The van der Waals surface area contributed by atoms with Gasteiger partial charge in [0.2, 0.25) is 11.8 Å². The van der Waals surface area contributed by atoms with Crippen LogP contribution in [0.3, 0.4) is 0 Å². The fourth-order valence-corrected chi connectivity index (χ4v) is 3.03. The number of ether oxygens (including phenoxy) is 1. The van der Waals surface area contributed by atoms with E-state index in [2.05, 4.69) is 10.3 Å². The maximum Gasteiger partial charge on any atom is 0.227 e. The Bertz CT molecular complexity index is 643. The highest BCUT2D eigenvalue weighted by atomic mass is 16.5. The van der Waals surface area contributed by atoms with Gasteiger partial charge < -0.3 is 15.8 Å². The number of rotatable bonds is 5. The van der Waals surface area contributed by atoms with Gasteiger partial charge in [0, 0.05) is 23.9 Å². The van der Waals surface area contributed by atoms with E-state index in [0.29, 0.717) is 24.1 Å². The summed E-state index contributed by atoms with van der Waals surface area (Å²) in [5.74, 6) is 1.63. The lowest BCUT2D eigenvalue weighted by atomic mass is 9.95. The van der Waals surface area contributed by atoms with Gasteiger partial charge in [-0.15, -0.1) is 0 Å². The molecule has 5 nitrogen and oxygen atoms in total. The Morgan fingerprint density at radius 3 is 2.74 bits per heavy atom. The molecule has 1 aromatic carbocycles. The molecule has 0 radical (unpaired) electrons. The monoisotopic (exact) mass is 311 g/mol. The van der Waals surface area contributed by atoms with E-state index in [4.69, 9.17) is 10.5 Å². The number of aromatic nitrogens is 1. The third kappa shape index (κ3) is 3.87. The van der Waals surface area contributed by atoms with E-state index in [1.54, 1.807) is 12.3 Å². The molecular weight excluding hydrogens is 290 g/mol. The molecule has 3 N–H and O–H groups in total. The molecule has 3 rings (SSSR count). The molecule has 120 valence electrons. The number of benzene rings is 1. The summed E-state index contributed by atoms with van der Waals surface area (Å²) in [6.45, 7) is 0.578. The van der Waals surface area contributed by atoms with Gasteiger partial charge in [0.05, 0.1) is 0 Å². The van der Waals surface area contributed by atoms with Crippen molar-refractivity contribution in [2.45, 2.75) is 19.3 Å². The first-order valence-corrected chi connectivity index (χ1v) is 7.96. The molecular formula is C18H21N3O2. The Balaban J connectivity index is 1.60. The van der Waals surface area contributed by atoms with Crippen molar-refractivity contribution < 1.29 is 9.53 Å². The molecule has 2 aromatic rings. The Morgan fingerprint density at radius 2 is 2.04 bits per heavy atom. The first kappa shape index (κ1) is 15.5. The molecule has 1 aliphatic carbocycles. The van der Waals surface area contributed by atoms with Crippen LogP contribution in [0.25, 0.3) is 0 Å². The minimum absolute atomic E-state index is 0.0319. The lowest BCUT2D eigenvalue weighted by Crippen LogP contribution is -2.29. The summed E-state index contributed by atoms with van der Waals surface area (Å²) in [5.41, 5.74) is 6.52. The fourth-order valence-electron chi connectivity index (χ4n) is 3.03. The zero-order valence-corrected chi connectivity index (χ0v) is 12.9. The van der Waals surface area contributed by atoms with Crippen LogP contribution < -0.4 is 15.8 Å². The molecule has 1 heterocycles. The van der Waals surface area contributed by atoms with Crippen molar-refractivity contribution in [3.05, 3.63) is 48.7 Å². The summed E-state index contributed by atoms with van der Waals surface area (Å²) in [6, 6.07) is 12.8. The molecule has 5 heteroatoms. The minimum atomic E-state index is 0.0319. The molecule has 0 saturated heterocycles. The molecule has 1 amide bonds. The molecule has 1 aliphatic rings.